The van der Waals surface area contributed by atoms with E-state index in [1.807, 2.05) is 24.3 Å². The zero-order valence-corrected chi connectivity index (χ0v) is 17.5. The van der Waals surface area contributed by atoms with Crippen LogP contribution < -0.4 is 0 Å². The summed E-state index contributed by atoms with van der Waals surface area (Å²) in [5.41, 5.74) is 2.80. The highest BCUT2D eigenvalue weighted by Gasteiger charge is 2.25. The first kappa shape index (κ1) is 22.4. The molecule has 0 aromatic heterocycles. The van der Waals surface area contributed by atoms with Crippen LogP contribution in [0.15, 0.2) is 66.3 Å². The maximum Gasteiger partial charge on any atom is 0.145 e. The lowest BCUT2D eigenvalue weighted by molar-refractivity contribution is 0.00335. The zero-order chi connectivity index (χ0) is 21.3. The van der Waals surface area contributed by atoms with E-state index in [2.05, 4.69) is 16.6 Å². The Labute approximate surface area is 181 Å². The molecule has 1 heterocycles. The van der Waals surface area contributed by atoms with Gasteiger partial charge in [0.2, 0.25) is 0 Å². The summed E-state index contributed by atoms with van der Waals surface area (Å²) in [5, 5.41) is 15.3. The van der Waals surface area contributed by atoms with Crippen molar-refractivity contribution >= 4 is 17.3 Å². The molecule has 2 aromatic rings. The van der Waals surface area contributed by atoms with Crippen molar-refractivity contribution in [1.29, 1.82) is 0 Å². The van der Waals surface area contributed by atoms with Crippen LogP contribution >= 0.6 is 11.6 Å². The van der Waals surface area contributed by atoms with E-state index >= 15 is 0 Å². The minimum absolute atomic E-state index is 0.141. The average molecular weight is 433 g/mol. The van der Waals surface area contributed by atoms with Crippen molar-refractivity contribution in [3.8, 4) is 0 Å². The molecule has 1 aliphatic heterocycles. The van der Waals surface area contributed by atoms with E-state index < -0.39 is 6.10 Å². The van der Waals surface area contributed by atoms with Crippen LogP contribution in [0.3, 0.4) is 0 Å². The number of nitrogens with zero attached hydrogens (tertiary/aromatic N) is 2. The molecule has 0 spiro atoms. The maximum atomic E-state index is 13.2. The average Bonchev–Trinajstić information content (AvgIpc) is 3.19. The fraction of sp³-hybridized carbons (Fsp3) is 0.348. The monoisotopic (exact) mass is 432 g/mol. The number of benzene rings is 2. The third-order valence-electron chi connectivity index (χ3n) is 4.71. The second kappa shape index (κ2) is 11.2. The lowest BCUT2D eigenvalue weighted by Crippen LogP contribution is -2.39. The van der Waals surface area contributed by atoms with Gasteiger partial charge in [-0.2, -0.15) is 0 Å². The van der Waals surface area contributed by atoms with Crippen LogP contribution in [0, 0.1) is 5.82 Å². The van der Waals surface area contributed by atoms with Crippen molar-refractivity contribution in [3.05, 3.63) is 83.2 Å². The Balaban J connectivity index is 1.60. The van der Waals surface area contributed by atoms with Crippen LogP contribution in [0.2, 0.25) is 5.02 Å². The van der Waals surface area contributed by atoms with Gasteiger partial charge >= 0.3 is 0 Å². The van der Waals surface area contributed by atoms with Gasteiger partial charge in [0.15, 0.2) is 0 Å². The summed E-state index contributed by atoms with van der Waals surface area (Å²) in [5.74, 6) is -0.275. The summed E-state index contributed by atoms with van der Waals surface area (Å²) in [7, 11) is 0. The Morgan fingerprint density at radius 2 is 2.00 bits per heavy atom. The standard InChI is InChI=1S/C23H26ClFN2O3/c1-2-11-29-16-21(28)14-27(13-17-3-9-20(25)10-4-17)15-22-12-23(26-30-22)18-5-7-19(24)8-6-18/h2-10,21-22,28H,1,11-16H2/t21-,22+/m1/s1. The summed E-state index contributed by atoms with van der Waals surface area (Å²) < 4.78 is 18.6. The highest BCUT2D eigenvalue weighted by atomic mass is 35.5. The lowest BCUT2D eigenvalue weighted by Gasteiger charge is -2.27. The predicted molar refractivity (Wildman–Crippen MR) is 116 cm³/mol. The molecular formula is C23H26ClFN2O3. The summed E-state index contributed by atoms with van der Waals surface area (Å²) in [6, 6.07) is 13.9. The van der Waals surface area contributed by atoms with E-state index in [9.17, 15) is 9.50 Å². The SMILES string of the molecule is C=CCOC[C@H](O)CN(Cc1ccc(F)cc1)C[C@@H]1CC(c2ccc(Cl)cc2)=NO1. The molecule has 0 amide bonds. The minimum atomic E-state index is -0.663. The first-order valence-electron chi connectivity index (χ1n) is 9.85. The smallest absolute Gasteiger partial charge is 0.145 e. The number of halogens is 2. The molecule has 1 N–H and O–H groups in total. The van der Waals surface area contributed by atoms with Crippen molar-refractivity contribution in [2.24, 2.45) is 5.16 Å². The van der Waals surface area contributed by atoms with Gasteiger partial charge in [-0.15, -0.1) is 6.58 Å². The molecule has 0 aliphatic carbocycles. The zero-order valence-electron chi connectivity index (χ0n) is 16.7. The highest BCUT2D eigenvalue weighted by molar-refractivity contribution is 6.30. The molecular weight excluding hydrogens is 407 g/mol. The topological polar surface area (TPSA) is 54.3 Å². The molecule has 3 rings (SSSR count). The van der Waals surface area contributed by atoms with Crippen LogP contribution in [0.25, 0.3) is 0 Å². The van der Waals surface area contributed by atoms with Crippen molar-refractivity contribution < 1.29 is 19.1 Å². The number of ether oxygens (including phenoxy) is 1. The molecule has 0 unspecified atom stereocenters. The number of aliphatic hydroxyl groups is 1. The summed E-state index contributed by atoms with van der Waals surface area (Å²) in [6.07, 6.45) is 1.50. The van der Waals surface area contributed by atoms with Crippen LogP contribution in [0.5, 0.6) is 0 Å². The molecule has 7 heteroatoms. The molecule has 160 valence electrons. The van der Waals surface area contributed by atoms with Crippen LogP contribution in [-0.2, 0) is 16.1 Å². The van der Waals surface area contributed by atoms with Gasteiger partial charge in [0.1, 0.15) is 11.9 Å². The number of aliphatic hydroxyl groups excluding tert-OH is 1. The van der Waals surface area contributed by atoms with Gasteiger partial charge in [0, 0.05) is 31.1 Å². The van der Waals surface area contributed by atoms with E-state index in [0.717, 1.165) is 16.8 Å². The molecule has 2 atom stereocenters. The number of hydrogen-bond acceptors (Lipinski definition) is 5. The highest BCUT2D eigenvalue weighted by Crippen LogP contribution is 2.20. The number of rotatable bonds is 11. The van der Waals surface area contributed by atoms with Gasteiger partial charge < -0.3 is 14.7 Å². The second-order valence-corrected chi connectivity index (χ2v) is 7.71. The van der Waals surface area contributed by atoms with Gasteiger partial charge in [-0.25, -0.2) is 4.39 Å². The molecule has 0 bridgehead atoms. The van der Waals surface area contributed by atoms with Crippen LogP contribution in [0.1, 0.15) is 17.5 Å². The third-order valence-corrected chi connectivity index (χ3v) is 4.96. The summed E-state index contributed by atoms with van der Waals surface area (Å²) in [6.45, 7) is 5.71. The third kappa shape index (κ3) is 6.92. The Morgan fingerprint density at radius 1 is 1.27 bits per heavy atom. The van der Waals surface area contributed by atoms with E-state index in [1.54, 1.807) is 18.2 Å². The number of oxime groups is 1. The quantitative estimate of drug-likeness (QED) is 0.430. The molecule has 0 fully saturated rings. The van der Waals surface area contributed by atoms with E-state index in [1.165, 1.54) is 12.1 Å². The van der Waals surface area contributed by atoms with Crippen molar-refractivity contribution in [2.45, 2.75) is 25.2 Å². The molecule has 2 aromatic carbocycles. The Kier molecular flexibility index (Phi) is 8.39. The van der Waals surface area contributed by atoms with Crippen LogP contribution in [-0.4, -0.2) is 54.2 Å². The maximum absolute atomic E-state index is 13.2. The fourth-order valence-electron chi connectivity index (χ4n) is 3.32. The Bertz CT molecular complexity index is 843. The van der Waals surface area contributed by atoms with Gasteiger partial charge in [-0.1, -0.05) is 47.1 Å². The molecule has 0 saturated heterocycles. The normalized spacial score (nSPS) is 16.9. The molecule has 5 nitrogen and oxygen atoms in total. The van der Waals surface area contributed by atoms with Crippen LogP contribution in [0.4, 0.5) is 4.39 Å². The Morgan fingerprint density at radius 3 is 2.70 bits per heavy atom. The van der Waals surface area contributed by atoms with Gasteiger partial charge in [0.05, 0.1) is 25.0 Å². The van der Waals surface area contributed by atoms with Crippen molar-refractivity contribution in [2.75, 3.05) is 26.3 Å². The van der Waals surface area contributed by atoms with E-state index in [0.29, 0.717) is 37.7 Å². The first-order chi connectivity index (χ1) is 14.5. The minimum Gasteiger partial charge on any atom is -0.390 e. The Hall–Kier alpha value is -2.25. The predicted octanol–water partition coefficient (Wildman–Crippen LogP) is 4.04. The lowest BCUT2D eigenvalue weighted by atomic mass is 10.0. The fourth-order valence-corrected chi connectivity index (χ4v) is 3.44. The largest absolute Gasteiger partial charge is 0.390 e. The van der Waals surface area contributed by atoms with Gasteiger partial charge in [-0.05, 0) is 35.4 Å². The second-order valence-electron chi connectivity index (χ2n) is 7.28. The molecule has 30 heavy (non-hydrogen) atoms. The molecule has 0 saturated carbocycles. The van der Waals surface area contributed by atoms with Gasteiger partial charge in [-0.3, -0.25) is 4.90 Å². The van der Waals surface area contributed by atoms with Gasteiger partial charge in [0.25, 0.3) is 0 Å². The molecule has 0 radical (unpaired) electrons. The summed E-state index contributed by atoms with van der Waals surface area (Å²) >= 11 is 5.96. The summed E-state index contributed by atoms with van der Waals surface area (Å²) in [4.78, 5) is 7.71. The van der Waals surface area contributed by atoms with E-state index in [-0.39, 0.29) is 18.5 Å². The van der Waals surface area contributed by atoms with Crippen molar-refractivity contribution in [3.63, 3.8) is 0 Å². The van der Waals surface area contributed by atoms with Crippen molar-refractivity contribution in [1.82, 2.24) is 4.90 Å². The first-order valence-corrected chi connectivity index (χ1v) is 10.2. The number of hydrogen-bond donors (Lipinski definition) is 1. The molecule has 1 aliphatic rings. The van der Waals surface area contributed by atoms with E-state index in [4.69, 9.17) is 21.2 Å².